The third-order valence-electron chi connectivity index (χ3n) is 3.45. The lowest BCUT2D eigenvalue weighted by Gasteiger charge is -2.34. The van der Waals surface area contributed by atoms with Crippen LogP contribution in [0.15, 0.2) is 22.7 Å². The molecule has 2 rings (SSSR count). The largest absolute Gasteiger partial charge is 0.371 e. The molecule has 100 valence electrons. The second kappa shape index (κ2) is 6.78. The SMILES string of the molecule is CCCNC1CCN(c2ccc(Cl)c(Br)c2)CC1. The number of benzene rings is 1. The Bertz CT molecular complexity index is 389. The van der Waals surface area contributed by atoms with Crippen molar-refractivity contribution in [3.8, 4) is 0 Å². The van der Waals surface area contributed by atoms with Crippen LogP contribution in [0.25, 0.3) is 0 Å². The molecule has 0 saturated carbocycles. The highest BCUT2D eigenvalue weighted by atomic mass is 79.9. The predicted octanol–water partition coefficient (Wildman–Crippen LogP) is 4.07. The summed E-state index contributed by atoms with van der Waals surface area (Å²) in [6.07, 6.45) is 3.66. The van der Waals surface area contributed by atoms with Gasteiger partial charge < -0.3 is 10.2 Å². The van der Waals surface area contributed by atoms with Crippen LogP contribution in [0.5, 0.6) is 0 Å². The van der Waals surface area contributed by atoms with Crippen LogP contribution in [-0.4, -0.2) is 25.7 Å². The normalized spacial score (nSPS) is 17.2. The van der Waals surface area contributed by atoms with Crippen molar-refractivity contribution in [2.45, 2.75) is 32.2 Å². The first kappa shape index (κ1) is 14.2. The Hall–Kier alpha value is -0.250. The number of hydrogen-bond donors (Lipinski definition) is 1. The van der Waals surface area contributed by atoms with Gasteiger partial charge in [-0.1, -0.05) is 18.5 Å². The number of piperidine rings is 1. The number of nitrogens with zero attached hydrogens (tertiary/aromatic N) is 1. The Morgan fingerprint density at radius 3 is 2.72 bits per heavy atom. The van der Waals surface area contributed by atoms with E-state index < -0.39 is 0 Å². The predicted molar refractivity (Wildman–Crippen MR) is 82.7 cm³/mol. The van der Waals surface area contributed by atoms with E-state index >= 15 is 0 Å². The quantitative estimate of drug-likeness (QED) is 0.894. The number of nitrogens with one attached hydrogen (secondary N) is 1. The van der Waals surface area contributed by atoms with Crippen LogP contribution in [0.3, 0.4) is 0 Å². The van der Waals surface area contributed by atoms with Crippen LogP contribution >= 0.6 is 27.5 Å². The van der Waals surface area contributed by atoms with Crippen molar-refractivity contribution in [3.63, 3.8) is 0 Å². The van der Waals surface area contributed by atoms with Crippen molar-refractivity contribution < 1.29 is 0 Å². The van der Waals surface area contributed by atoms with Gasteiger partial charge in [-0.25, -0.2) is 0 Å². The van der Waals surface area contributed by atoms with E-state index in [0.717, 1.165) is 29.1 Å². The fraction of sp³-hybridized carbons (Fsp3) is 0.571. The molecule has 0 radical (unpaired) electrons. The smallest absolute Gasteiger partial charge is 0.0549 e. The molecule has 18 heavy (non-hydrogen) atoms. The zero-order valence-corrected chi connectivity index (χ0v) is 13.1. The first-order valence-corrected chi connectivity index (χ1v) is 7.81. The minimum Gasteiger partial charge on any atom is -0.371 e. The summed E-state index contributed by atoms with van der Waals surface area (Å²) in [6, 6.07) is 6.87. The highest BCUT2D eigenvalue weighted by Crippen LogP contribution is 2.29. The molecule has 1 aliphatic rings. The van der Waals surface area contributed by atoms with Gasteiger partial charge in [0.25, 0.3) is 0 Å². The average Bonchev–Trinajstić information content (AvgIpc) is 2.40. The van der Waals surface area contributed by atoms with Gasteiger partial charge in [-0.05, 0) is 59.9 Å². The van der Waals surface area contributed by atoms with Gasteiger partial charge in [0, 0.05) is 29.3 Å². The lowest BCUT2D eigenvalue weighted by molar-refractivity contribution is 0.416. The highest BCUT2D eigenvalue weighted by molar-refractivity contribution is 9.10. The molecule has 2 nitrogen and oxygen atoms in total. The Morgan fingerprint density at radius 1 is 1.39 bits per heavy atom. The summed E-state index contributed by atoms with van der Waals surface area (Å²) < 4.78 is 0.980. The Balaban J connectivity index is 1.90. The maximum atomic E-state index is 6.02. The van der Waals surface area contributed by atoms with E-state index in [2.05, 4.69) is 45.2 Å². The van der Waals surface area contributed by atoms with Crippen molar-refractivity contribution >= 4 is 33.2 Å². The second-order valence-electron chi connectivity index (χ2n) is 4.81. The van der Waals surface area contributed by atoms with Gasteiger partial charge in [0.15, 0.2) is 0 Å². The number of hydrogen-bond acceptors (Lipinski definition) is 2. The molecule has 0 bridgehead atoms. The maximum absolute atomic E-state index is 6.02. The number of anilines is 1. The minimum absolute atomic E-state index is 0.692. The maximum Gasteiger partial charge on any atom is 0.0549 e. The molecule has 0 atom stereocenters. The van der Waals surface area contributed by atoms with Gasteiger partial charge in [-0.3, -0.25) is 0 Å². The molecule has 4 heteroatoms. The summed E-state index contributed by atoms with van der Waals surface area (Å²) in [6.45, 7) is 5.59. The summed E-state index contributed by atoms with van der Waals surface area (Å²) in [5.74, 6) is 0. The van der Waals surface area contributed by atoms with Crippen molar-refractivity contribution in [1.29, 1.82) is 0 Å². The van der Waals surface area contributed by atoms with E-state index in [4.69, 9.17) is 11.6 Å². The van der Waals surface area contributed by atoms with Crippen molar-refractivity contribution in [2.75, 3.05) is 24.5 Å². The van der Waals surface area contributed by atoms with Crippen LogP contribution in [0.2, 0.25) is 5.02 Å². The molecule has 0 unspecified atom stereocenters. The molecule has 1 saturated heterocycles. The zero-order chi connectivity index (χ0) is 13.0. The molecule has 0 amide bonds. The third-order valence-corrected chi connectivity index (χ3v) is 4.66. The van der Waals surface area contributed by atoms with Gasteiger partial charge in [0.1, 0.15) is 0 Å². The van der Waals surface area contributed by atoms with Gasteiger partial charge in [0.2, 0.25) is 0 Å². The molecular weight excluding hydrogens is 312 g/mol. The highest BCUT2D eigenvalue weighted by Gasteiger charge is 2.18. The van der Waals surface area contributed by atoms with E-state index in [1.165, 1.54) is 24.9 Å². The minimum atomic E-state index is 0.692. The van der Waals surface area contributed by atoms with E-state index in [1.807, 2.05) is 6.07 Å². The Morgan fingerprint density at radius 2 is 2.11 bits per heavy atom. The molecule has 1 aliphatic heterocycles. The van der Waals surface area contributed by atoms with Crippen molar-refractivity contribution in [2.24, 2.45) is 0 Å². The number of halogens is 2. The molecule has 1 N–H and O–H groups in total. The summed E-state index contributed by atoms with van der Waals surface area (Å²) in [4.78, 5) is 2.44. The molecule has 0 spiro atoms. The number of rotatable bonds is 4. The van der Waals surface area contributed by atoms with Crippen LogP contribution in [0.1, 0.15) is 26.2 Å². The standard InChI is InChI=1S/C14H20BrClN2/c1-2-7-17-11-5-8-18(9-6-11)12-3-4-14(16)13(15)10-12/h3-4,10-11,17H,2,5-9H2,1H3. The lowest BCUT2D eigenvalue weighted by Crippen LogP contribution is -2.42. The lowest BCUT2D eigenvalue weighted by atomic mass is 10.0. The molecule has 1 aromatic rings. The fourth-order valence-electron chi connectivity index (χ4n) is 2.37. The van der Waals surface area contributed by atoms with Gasteiger partial charge in [0.05, 0.1) is 5.02 Å². The first-order valence-electron chi connectivity index (χ1n) is 6.64. The van der Waals surface area contributed by atoms with E-state index in [1.54, 1.807) is 0 Å². The van der Waals surface area contributed by atoms with Gasteiger partial charge in [-0.2, -0.15) is 0 Å². The van der Waals surface area contributed by atoms with Crippen LogP contribution in [0.4, 0.5) is 5.69 Å². The summed E-state index contributed by atoms with van der Waals surface area (Å²) >= 11 is 9.51. The molecule has 1 aromatic carbocycles. The van der Waals surface area contributed by atoms with Crippen LogP contribution in [0, 0.1) is 0 Å². The third kappa shape index (κ3) is 3.62. The Labute approximate surface area is 123 Å². The van der Waals surface area contributed by atoms with E-state index in [0.29, 0.717) is 6.04 Å². The monoisotopic (exact) mass is 330 g/mol. The molecule has 1 heterocycles. The molecule has 0 aromatic heterocycles. The van der Waals surface area contributed by atoms with E-state index in [9.17, 15) is 0 Å². The van der Waals surface area contributed by atoms with Gasteiger partial charge in [-0.15, -0.1) is 0 Å². The topological polar surface area (TPSA) is 15.3 Å². The van der Waals surface area contributed by atoms with Gasteiger partial charge >= 0.3 is 0 Å². The van der Waals surface area contributed by atoms with Crippen LogP contribution < -0.4 is 10.2 Å². The average molecular weight is 332 g/mol. The Kier molecular flexibility index (Phi) is 5.34. The molecule has 0 aliphatic carbocycles. The van der Waals surface area contributed by atoms with Crippen LogP contribution in [-0.2, 0) is 0 Å². The zero-order valence-electron chi connectivity index (χ0n) is 10.8. The summed E-state index contributed by atoms with van der Waals surface area (Å²) in [7, 11) is 0. The first-order chi connectivity index (χ1) is 8.70. The fourth-order valence-corrected chi connectivity index (χ4v) is 2.86. The van der Waals surface area contributed by atoms with Crippen molar-refractivity contribution in [1.82, 2.24) is 5.32 Å². The second-order valence-corrected chi connectivity index (χ2v) is 6.08. The molecular formula is C14H20BrClN2. The molecule has 1 fully saturated rings. The van der Waals surface area contributed by atoms with Crippen molar-refractivity contribution in [3.05, 3.63) is 27.7 Å². The summed E-state index contributed by atoms with van der Waals surface area (Å²) in [5, 5.41) is 4.38. The summed E-state index contributed by atoms with van der Waals surface area (Å²) in [5.41, 5.74) is 1.26. The van der Waals surface area contributed by atoms with E-state index in [-0.39, 0.29) is 0 Å².